The minimum Gasteiger partial charge on any atom is -0.480 e. The van der Waals surface area contributed by atoms with Gasteiger partial charge < -0.3 is 59.1 Å². The Hall–Kier alpha value is -4.66. The quantitative estimate of drug-likeness (QED) is 0.0252. The SMILES string of the molecule is CSCC[C@H](NC(=O)CNC(=O)[C@H](CC(C)C)NC(=O)[C@@H]1CCCN1C(=O)CN)C(=O)N[C@@H](CCCN=C(N)N)C(=O)NCC(=O)N[C@@H](CC(C)C)C(=O)O. The number of rotatable bonds is 25. The van der Waals surface area contributed by atoms with Gasteiger partial charge in [-0.05, 0) is 68.8 Å². The number of carboxylic acid groups (broad SMARTS) is 1. The first-order valence-corrected chi connectivity index (χ1v) is 19.8. The second-order valence-corrected chi connectivity index (χ2v) is 15.1. The highest BCUT2D eigenvalue weighted by Crippen LogP contribution is 2.18. The fourth-order valence-electron chi connectivity index (χ4n) is 5.74. The molecule has 1 saturated heterocycles. The summed E-state index contributed by atoms with van der Waals surface area (Å²) in [5, 5.41) is 24.7. The highest BCUT2D eigenvalue weighted by molar-refractivity contribution is 7.98. The van der Waals surface area contributed by atoms with E-state index in [-0.39, 0.29) is 68.9 Å². The maximum absolute atomic E-state index is 13.5. The summed E-state index contributed by atoms with van der Waals surface area (Å²) in [5.41, 5.74) is 16.3. The van der Waals surface area contributed by atoms with Gasteiger partial charge in [0.05, 0.1) is 19.6 Å². The number of carbonyl (C=O) groups is 8. The number of hydrogen-bond donors (Lipinski definition) is 10. The number of carbonyl (C=O) groups excluding carboxylic acids is 7. The summed E-state index contributed by atoms with van der Waals surface area (Å²) in [6, 6.07) is -5.23. The van der Waals surface area contributed by atoms with Crippen LogP contribution < -0.4 is 49.1 Å². The smallest absolute Gasteiger partial charge is 0.326 e. The first-order chi connectivity index (χ1) is 25.9. The molecule has 0 bridgehead atoms. The van der Waals surface area contributed by atoms with Crippen molar-refractivity contribution in [3.05, 3.63) is 0 Å². The molecule has 1 rings (SSSR count). The minimum atomic E-state index is -1.22. The normalized spacial score (nSPS) is 15.9. The van der Waals surface area contributed by atoms with Crippen molar-refractivity contribution in [3.8, 4) is 0 Å². The molecular weight excluding hydrogens is 739 g/mol. The number of nitrogens with two attached hydrogens (primary N) is 3. The van der Waals surface area contributed by atoms with E-state index < -0.39 is 84.7 Å². The lowest BCUT2D eigenvalue weighted by Gasteiger charge is -2.27. The highest BCUT2D eigenvalue weighted by atomic mass is 32.2. The van der Waals surface area contributed by atoms with Crippen LogP contribution in [0.5, 0.6) is 0 Å². The highest BCUT2D eigenvalue weighted by Gasteiger charge is 2.36. The largest absolute Gasteiger partial charge is 0.480 e. The van der Waals surface area contributed by atoms with Crippen molar-refractivity contribution in [2.75, 3.05) is 44.7 Å². The number of likely N-dealkylation sites (tertiary alicyclic amines) is 1. The molecule has 0 aromatic carbocycles. The number of thioether (sulfide) groups is 1. The second-order valence-electron chi connectivity index (χ2n) is 14.1. The van der Waals surface area contributed by atoms with E-state index in [0.29, 0.717) is 25.1 Å². The third-order valence-corrected chi connectivity index (χ3v) is 9.06. The number of carboxylic acids is 1. The summed E-state index contributed by atoms with van der Waals surface area (Å²) in [5.74, 6) is -5.35. The number of guanidine groups is 1. The molecule has 1 fully saturated rings. The van der Waals surface area contributed by atoms with Crippen molar-refractivity contribution < 1.29 is 43.5 Å². The zero-order chi connectivity index (χ0) is 41.7. The maximum Gasteiger partial charge on any atom is 0.326 e. The van der Waals surface area contributed by atoms with Gasteiger partial charge in [-0.1, -0.05) is 27.7 Å². The molecule has 13 N–H and O–H groups in total. The first-order valence-electron chi connectivity index (χ1n) is 18.4. The van der Waals surface area contributed by atoms with Crippen LogP contribution >= 0.6 is 11.8 Å². The molecule has 0 aliphatic carbocycles. The van der Waals surface area contributed by atoms with Gasteiger partial charge in [-0.25, -0.2) is 4.79 Å². The van der Waals surface area contributed by atoms with E-state index in [0.717, 1.165) is 0 Å². The minimum absolute atomic E-state index is 0.0135. The molecule has 20 nitrogen and oxygen atoms in total. The number of nitrogens with one attached hydrogen (secondary N) is 6. The van der Waals surface area contributed by atoms with Gasteiger partial charge in [-0.15, -0.1) is 0 Å². The Morgan fingerprint density at radius 1 is 0.782 bits per heavy atom. The molecule has 7 amide bonds. The van der Waals surface area contributed by atoms with Gasteiger partial charge in [0.25, 0.3) is 0 Å². The number of nitrogens with zero attached hydrogens (tertiary/aromatic N) is 2. The van der Waals surface area contributed by atoms with E-state index in [1.165, 1.54) is 16.7 Å². The third kappa shape index (κ3) is 19.0. The summed E-state index contributed by atoms with van der Waals surface area (Å²) in [6.45, 7) is 6.51. The van der Waals surface area contributed by atoms with Crippen molar-refractivity contribution in [1.82, 2.24) is 36.8 Å². The van der Waals surface area contributed by atoms with Gasteiger partial charge in [-0.3, -0.25) is 38.6 Å². The molecule has 55 heavy (non-hydrogen) atoms. The van der Waals surface area contributed by atoms with E-state index >= 15 is 0 Å². The first kappa shape index (κ1) is 48.4. The van der Waals surface area contributed by atoms with Crippen LogP contribution in [0.15, 0.2) is 4.99 Å². The predicted molar refractivity (Wildman–Crippen MR) is 207 cm³/mol. The summed E-state index contributed by atoms with van der Waals surface area (Å²) in [6.07, 6.45) is 3.73. The topological polar surface area (TPSA) is 323 Å². The fraction of sp³-hybridized carbons (Fsp3) is 0.735. The summed E-state index contributed by atoms with van der Waals surface area (Å²) in [7, 11) is 0. The lowest BCUT2D eigenvalue weighted by atomic mass is 10.0. The molecule has 1 aliphatic heterocycles. The van der Waals surface area contributed by atoms with E-state index in [1.807, 2.05) is 13.8 Å². The Bertz CT molecular complexity index is 1360. The van der Waals surface area contributed by atoms with Crippen LogP contribution in [0.4, 0.5) is 0 Å². The van der Waals surface area contributed by atoms with Gasteiger partial charge >= 0.3 is 5.97 Å². The molecule has 0 aromatic heterocycles. The van der Waals surface area contributed by atoms with Crippen molar-refractivity contribution in [3.63, 3.8) is 0 Å². The molecule has 21 heteroatoms. The Labute approximate surface area is 326 Å². The van der Waals surface area contributed by atoms with E-state index in [4.69, 9.17) is 17.2 Å². The number of hydrogen-bond acceptors (Lipinski definition) is 11. The van der Waals surface area contributed by atoms with E-state index in [2.05, 4.69) is 36.9 Å². The molecule has 0 saturated carbocycles. The zero-order valence-electron chi connectivity index (χ0n) is 32.5. The lowest BCUT2D eigenvalue weighted by molar-refractivity contribution is -0.142. The summed E-state index contributed by atoms with van der Waals surface area (Å²) in [4.78, 5) is 108. The monoisotopic (exact) mass is 799 g/mol. The second kappa shape index (κ2) is 25.4. The molecule has 312 valence electrons. The number of aliphatic imine (C=N–C) groups is 1. The van der Waals surface area contributed by atoms with Crippen LogP contribution in [0.2, 0.25) is 0 Å². The number of aliphatic carboxylic acids is 1. The van der Waals surface area contributed by atoms with E-state index in [1.54, 1.807) is 20.1 Å². The molecule has 0 aromatic rings. The van der Waals surface area contributed by atoms with Crippen molar-refractivity contribution in [2.45, 2.75) is 103 Å². The van der Waals surface area contributed by atoms with Gasteiger partial charge in [0.1, 0.15) is 30.2 Å². The molecule has 0 radical (unpaired) electrons. The van der Waals surface area contributed by atoms with Crippen molar-refractivity contribution >= 4 is 65.0 Å². The van der Waals surface area contributed by atoms with Crippen molar-refractivity contribution in [1.29, 1.82) is 0 Å². The average molecular weight is 800 g/mol. The third-order valence-electron chi connectivity index (χ3n) is 8.42. The van der Waals surface area contributed by atoms with Gasteiger partial charge in [-0.2, -0.15) is 11.8 Å². The van der Waals surface area contributed by atoms with Crippen LogP contribution in [0.25, 0.3) is 0 Å². The van der Waals surface area contributed by atoms with Crippen LogP contribution in [-0.4, -0.2) is 138 Å². The molecule has 0 unspecified atom stereocenters. The predicted octanol–water partition coefficient (Wildman–Crippen LogP) is -2.91. The van der Waals surface area contributed by atoms with Gasteiger partial charge in [0.15, 0.2) is 5.96 Å². The maximum atomic E-state index is 13.5. The van der Waals surface area contributed by atoms with Crippen LogP contribution in [-0.2, 0) is 38.4 Å². The van der Waals surface area contributed by atoms with Crippen LogP contribution in [0.1, 0.15) is 72.6 Å². The Morgan fingerprint density at radius 3 is 1.85 bits per heavy atom. The van der Waals surface area contributed by atoms with Gasteiger partial charge in [0, 0.05) is 13.1 Å². The fourth-order valence-corrected chi connectivity index (χ4v) is 6.21. The lowest BCUT2D eigenvalue weighted by Crippen LogP contribution is -2.57. The van der Waals surface area contributed by atoms with Crippen LogP contribution in [0, 0.1) is 11.8 Å². The van der Waals surface area contributed by atoms with Gasteiger partial charge in [0.2, 0.25) is 41.4 Å². The Morgan fingerprint density at radius 2 is 1.33 bits per heavy atom. The van der Waals surface area contributed by atoms with Crippen molar-refractivity contribution in [2.24, 2.45) is 34.0 Å². The Kier molecular flexibility index (Phi) is 22.4. The zero-order valence-corrected chi connectivity index (χ0v) is 33.3. The average Bonchev–Trinajstić information content (AvgIpc) is 3.61. The molecule has 5 atom stereocenters. The summed E-state index contributed by atoms with van der Waals surface area (Å²) >= 11 is 1.41. The summed E-state index contributed by atoms with van der Waals surface area (Å²) < 4.78 is 0. The van der Waals surface area contributed by atoms with Crippen LogP contribution in [0.3, 0.4) is 0 Å². The Balaban J connectivity index is 2.99. The molecule has 1 heterocycles. The number of amides is 7. The molecule has 1 aliphatic rings. The standard InChI is InChI=1S/C34H61N11O9S/c1-19(2)14-23(44-32(52)25-9-7-12-45(25)28(48)16-35)30(50)40-17-26(46)41-22(10-13-55-5)31(51)43-21(8-6-11-38-34(36)37)29(49)39-18-27(47)42-24(33(53)54)15-20(3)4/h19-25H,6-18,35H2,1-5H3,(H,39,49)(H,40,50)(H,41,46)(H,42,47)(H,43,51)(H,44,52)(H,53,54)(H4,36,37,38)/t21-,22-,23-,24-,25-/m0/s1. The molecular formula is C34H61N11O9S. The van der Waals surface area contributed by atoms with E-state index in [9.17, 15) is 43.5 Å². The molecule has 0 spiro atoms.